The molecule has 146 valence electrons. The van der Waals surface area contributed by atoms with Gasteiger partial charge in [-0.15, -0.1) is 0 Å². The summed E-state index contributed by atoms with van der Waals surface area (Å²) >= 11 is 0. The highest BCUT2D eigenvalue weighted by Gasteiger charge is 2.32. The average molecular weight is 392 g/mol. The summed E-state index contributed by atoms with van der Waals surface area (Å²) in [7, 11) is -3.62. The molecule has 8 heteroatoms. The van der Waals surface area contributed by atoms with Gasteiger partial charge in [-0.3, -0.25) is 4.79 Å². The molecule has 0 aliphatic carbocycles. The smallest absolute Gasteiger partial charge is 0.251 e. The molecule has 1 aliphatic heterocycles. The predicted molar refractivity (Wildman–Crippen MR) is 99.8 cm³/mol. The van der Waals surface area contributed by atoms with Gasteiger partial charge in [0.2, 0.25) is 10.0 Å². The lowest BCUT2D eigenvalue weighted by atomic mass is 10.2. The van der Waals surface area contributed by atoms with Gasteiger partial charge in [0.05, 0.1) is 29.4 Å². The van der Waals surface area contributed by atoms with Gasteiger partial charge in [0.15, 0.2) is 0 Å². The van der Waals surface area contributed by atoms with Crippen LogP contribution in [0.2, 0.25) is 0 Å². The Hall–Kier alpha value is -2.16. The zero-order valence-electron chi connectivity index (χ0n) is 15.6. The number of hydrogen-bond acceptors (Lipinski definition) is 5. The standard InChI is InChI=1S/C19H24N2O5S/c1-13-11-21(12-14(2)26-13)27(23,24)17-8-6-16(7-9-17)19(22)20-15(3)18-5-4-10-25-18/h4-10,13-15H,11-12H2,1-3H3,(H,20,22)/t13-,14+,15-/m0/s1. The fourth-order valence-corrected chi connectivity index (χ4v) is 4.73. The van der Waals surface area contributed by atoms with E-state index in [1.54, 1.807) is 18.4 Å². The Kier molecular flexibility index (Phi) is 5.69. The summed E-state index contributed by atoms with van der Waals surface area (Å²) in [5.41, 5.74) is 0.385. The van der Waals surface area contributed by atoms with Crippen LogP contribution in [-0.4, -0.2) is 43.9 Å². The number of carbonyl (C=O) groups excluding carboxylic acids is 1. The van der Waals surface area contributed by atoms with Gasteiger partial charge in [-0.1, -0.05) is 0 Å². The van der Waals surface area contributed by atoms with Crippen molar-refractivity contribution in [3.8, 4) is 0 Å². The van der Waals surface area contributed by atoms with Crippen LogP contribution in [0.25, 0.3) is 0 Å². The maximum Gasteiger partial charge on any atom is 0.251 e. The number of benzene rings is 1. The first-order valence-electron chi connectivity index (χ1n) is 8.87. The molecule has 2 aromatic rings. The molecule has 1 N–H and O–H groups in total. The Morgan fingerprint density at radius 2 is 1.78 bits per heavy atom. The number of morpholine rings is 1. The van der Waals surface area contributed by atoms with Crippen molar-refractivity contribution >= 4 is 15.9 Å². The lowest BCUT2D eigenvalue weighted by Gasteiger charge is -2.34. The van der Waals surface area contributed by atoms with Crippen molar-refractivity contribution in [2.24, 2.45) is 0 Å². The van der Waals surface area contributed by atoms with Gasteiger partial charge >= 0.3 is 0 Å². The molecule has 1 fully saturated rings. The molecule has 7 nitrogen and oxygen atoms in total. The highest BCUT2D eigenvalue weighted by atomic mass is 32.2. The quantitative estimate of drug-likeness (QED) is 0.845. The highest BCUT2D eigenvalue weighted by Crippen LogP contribution is 2.22. The molecule has 0 saturated carbocycles. The van der Waals surface area contributed by atoms with E-state index in [9.17, 15) is 13.2 Å². The van der Waals surface area contributed by atoms with Crippen molar-refractivity contribution in [1.29, 1.82) is 0 Å². The fraction of sp³-hybridized carbons (Fsp3) is 0.421. The minimum Gasteiger partial charge on any atom is -0.467 e. The zero-order valence-corrected chi connectivity index (χ0v) is 16.4. The average Bonchev–Trinajstić information content (AvgIpc) is 3.16. The van der Waals surface area contributed by atoms with Crippen LogP contribution in [0.5, 0.6) is 0 Å². The van der Waals surface area contributed by atoms with Crippen LogP contribution in [0.15, 0.2) is 52.0 Å². The van der Waals surface area contributed by atoms with Gasteiger partial charge in [-0.25, -0.2) is 8.42 Å². The molecule has 2 heterocycles. The van der Waals surface area contributed by atoms with Crippen molar-refractivity contribution in [2.45, 2.75) is 43.9 Å². The number of amides is 1. The van der Waals surface area contributed by atoms with Crippen LogP contribution in [0.4, 0.5) is 0 Å². The number of nitrogens with zero attached hydrogens (tertiary/aromatic N) is 1. The second kappa shape index (κ2) is 7.84. The first-order valence-corrected chi connectivity index (χ1v) is 10.3. The molecular weight excluding hydrogens is 368 g/mol. The fourth-order valence-electron chi connectivity index (χ4n) is 3.14. The molecule has 3 rings (SSSR count). The molecular formula is C19H24N2O5S. The maximum absolute atomic E-state index is 12.9. The van der Waals surface area contributed by atoms with Gasteiger partial charge in [-0.05, 0) is 57.2 Å². The van der Waals surface area contributed by atoms with Crippen LogP contribution in [0.1, 0.15) is 42.9 Å². The van der Waals surface area contributed by atoms with E-state index >= 15 is 0 Å². The Morgan fingerprint density at radius 3 is 2.33 bits per heavy atom. The summed E-state index contributed by atoms with van der Waals surface area (Å²) in [4.78, 5) is 12.5. The lowest BCUT2D eigenvalue weighted by Crippen LogP contribution is -2.48. The van der Waals surface area contributed by atoms with E-state index in [0.717, 1.165) is 0 Å². The van der Waals surface area contributed by atoms with Crippen molar-refractivity contribution in [2.75, 3.05) is 13.1 Å². The number of rotatable bonds is 5. The molecule has 0 unspecified atom stereocenters. The second-order valence-electron chi connectivity index (χ2n) is 6.81. The summed E-state index contributed by atoms with van der Waals surface area (Å²) in [5.74, 6) is 0.356. The normalized spacial score (nSPS) is 22.3. The van der Waals surface area contributed by atoms with E-state index in [1.807, 2.05) is 20.8 Å². The van der Waals surface area contributed by atoms with Crippen molar-refractivity contribution in [3.05, 3.63) is 54.0 Å². The summed E-state index contributed by atoms with van der Waals surface area (Å²) < 4.78 is 38.0. The van der Waals surface area contributed by atoms with E-state index in [4.69, 9.17) is 9.15 Å². The lowest BCUT2D eigenvalue weighted by molar-refractivity contribution is -0.0440. The minimum atomic E-state index is -3.62. The summed E-state index contributed by atoms with van der Waals surface area (Å²) in [6.45, 7) is 6.15. The number of hydrogen-bond donors (Lipinski definition) is 1. The Labute approximate surface area is 159 Å². The second-order valence-corrected chi connectivity index (χ2v) is 8.75. The molecule has 0 bridgehead atoms. The maximum atomic E-state index is 12.9. The third-order valence-electron chi connectivity index (χ3n) is 4.46. The van der Waals surface area contributed by atoms with Crippen LogP contribution in [0, 0.1) is 0 Å². The Morgan fingerprint density at radius 1 is 1.15 bits per heavy atom. The molecule has 1 amide bonds. The molecule has 3 atom stereocenters. The third-order valence-corrected chi connectivity index (χ3v) is 6.30. The van der Waals surface area contributed by atoms with Crippen LogP contribution in [-0.2, 0) is 14.8 Å². The van der Waals surface area contributed by atoms with Gasteiger partial charge in [-0.2, -0.15) is 4.31 Å². The van der Waals surface area contributed by atoms with Crippen LogP contribution >= 0.6 is 0 Å². The van der Waals surface area contributed by atoms with Gasteiger partial charge in [0.1, 0.15) is 5.76 Å². The number of nitrogens with one attached hydrogen (secondary N) is 1. The molecule has 27 heavy (non-hydrogen) atoms. The molecule has 1 aliphatic rings. The molecule has 0 spiro atoms. The van der Waals surface area contributed by atoms with E-state index in [2.05, 4.69) is 5.32 Å². The SMILES string of the molecule is C[C@@H]1CN(S(=O)(=O)c2ccc(C(=O)N[C@@H](C)c3ccco3)cc2)C[C@H](C)O1. The Balaban J connectivity index is 1.71. The predicted octanol–water partition coefficient (Wildman–Crippen LogP) is 2.57. The van der Waals surface area contributed by atoms with E-state index in [1.165, 1.54) is 28.6 Å². The van der Waals surface area contributed by atoms with E-state index in [0.29, 0.717) is 24.4 Å². The topological polar surface area (TPSA) is 88.9 Å². The summed E-state index contributed by atoms with van der Waals surface area (Å²) in [6, 6.07) is 9.22. The monoisotopic (exact) mass is 392 g/mol. The van der Waals surface area contributed by atoms with Crippen molar-refractivity contribution in [3.63, 3.8) is 0 Å². The van der Waals surface area contributed by atoms with Crippen molar-refractivity contribution in [1.82, 2.24) is 9.62 Å². The summed E-state index contributed by atoms with van der Waals surface area (Å²) in [5, 5.41) is 2.82. The first-order chi connectivity index (χ1) is 12.8. The molecule has 0 radical (unpaired) electrons. The highest BCUT2D eigenvalue weighted by molar-refractivity contribution is 7.89. The number of furan rings is 1. The van der Waals surface area contributed by atoms with Crippen LogP contribution in [0.3, 0.4) is 0 Å². The number of ether oxygens (including phenoxy) is 1. The van der Waals surface area contributed by atoms with E-state index in [-0.39, 0.29) is 29.1 Å². The van der Waals surface area contributed by atoms with Gasteiger partial charge in [0.25, 0.3) is 5.91 Å². The molecule has 1 aromatic heterocycles. The van der Waals surface area contributed by atoms with Crippen molar-refractivity contribution < 1.29 is 22.4 Å². The zero-order chi connectivity index (χ0) is 19.6. The first kappa shape index (κ1) is 19.6. The van der Waals surface area contributed by atoms with Gasteiger partial charge in [0, 0.05) is 18.7 Å². The number of sulfonamides is 1. The number of carbonyl (C=O) groups is 1. The van der Waals surface area contributed by atoms with E-state index < -0.39 is 10.0 Å². The molecule has 1 aromatic carbocycles. The minimum absolute atomic E-state index is 0.156. The Bertz CT molecular complexity index is 867. The summed E-state index contributed by atoms with van der Waals surface area (Å²) in [6.07, 6.45) is 1.23. The third kappa shape index (κ3) is 4.40. The van der Waals surface area contributed by atoms with Gasteiger partial charge < -0.3 is 14.5 Å². The largest absolute Gasteiger partial charge is 0.467 e. The van der Waals surface area contributed by atoms with Crippen LogP contribution < -0.4 is 5.32 Å². The molecule has 1 saturated heterocycles.